The lowest BCUT2D eigenvalue weighted by atomic mass is 9.76. The zero-order valence-electron chi connectivity index (χ0n) is 12.7. The molecule has 0 saturated heterocycles. The third kappa shape index (κ3) is 4.26. The summed E-state index contributed by atoms with van der Waals surface area (Å²) in [7, 11) is 0. The fourth-order valence-electron chi connectivity index (χ4n) is 3.32. The molecule has 0 heterocycles. The van der Waals surface area contributed by atoms with E-state index in [-0.39, 0.29) is 35.5 Å². The molecule has 0 radical (unpaired) electrons. The molecule has 4 heteroatoms. The van der Waals surface area contributed by atoms with E-state index in [0.29, 0.717) is 18.4 Å². The first kappa shape index (κ1) is 15.9. The summed E-state index contributed by atoms with van der Waals surface area (Å²) in [4.78, 5) is 35.4. The van der Waals surface area contributed by atoms with Crippen molar-refractivity contribution in [3.63, 3.8) is 0 Å². The number of carbonyl (C=O) groups is 3. The van der Waals surface area contributed by atoms with E-state index in [4.69, 9.17) is 4.74 Å². The van der Waals surface area contributed by atoms with E-state index in [1.807, 2.05) is 0 Å². The summed E-state index contributed by atoms with van der Waals surface area (Å²) in [5.74, 6) is 0.116. The Morgan fingerprint density at radius 2 is 1.76 bits per heavy atom. The normalized spacial score (nSPS) is 29.8. The van der Waals surface area contributed by atoms with Gasteiger partial charge < -0.3 is 4.74 Å². The second kappa shape index (κ2) is 7.01. The number of Topliss-reactive ketones (excluding diaryl/α,β-unsaturated/α-hetero) is 2. The van der Waals surface area contributed by atoms with Crippen LogP contribution in [0.4, 0.5) is 0 Å². The van der Waals surface area contributed by atoms with Gasteiger partial charge in [-0.05, 0) is 45.4 Å². The molecule has 21 heavy (non-hydrogen) atoms. The van der Waals surface area contributed by atoms with Crippen molar-refractivity contribution in [1.82, 2.24) is 0 Å². The van der Waals surface area contributed by atoms with Gasteiger partial charge >= 0.3 is 5.97 Å². The summed E-state index contributed by atoms with van der Waals surface area (Å²) < 4.78 is 5.34. The summed E-state index contributed by atoms with van der Waals surface area (Å²) in [5, 5.41) is 0. The van der Waals surface area contributed by atoms with E-state index in [1.165, 1.54) is 0 Å². The first-order chi connectivity index (χ1) is 9.97. The number of hydrogen-bond acceptors (Lipinski definition) is 4. The van der Waals surface area contributed by atoms with Gasteiger partial charge in [-0.15, -0.1) is 0 Å². The van der Waals surface area contributed by atoms with Gasteiger partial charge in [0.25, 0.3) is 0 Å². The Bertz CT molecular complexity index is 444. The molecule has 0 aromatic heterocycles. The molecular weight excluding hydrogens is 268 g/mol. The lowest BCUT2D eigenvalue weighted by Gasteiger charge is -2.30. The summed E-state index contributed by atoms with van der Waals surface area (Å²) in [6.45, 7) is 5.21. The average molecular weight is 292 g/mol. The summed E-state index contributed by atoms with van der Waals surface area (Å²) in [6, 6.07) is 0. The number of hydrogen-bond donors (Lipinski definition) is 0. The maximum atomic E-state index is 12.5. The fraction of sp³-hybridized carbons (Fsp3) is 0.706. The Morgan fingerprint density at radius 1 is 1.10 bits per heavy atom. The van der Waals surface area contributed by atoms with E-state index in [0.717, 1.165) is 38.5 Å². The van der Waals surface area contributed by atoms with Gasteiger partial charge in [0, 0.05) is 30.3 Å². The lowest BCUT2D eigenvalue weighted by molar-refractivity contribution is -0.146. The molecule has 2 aliphatic rings. The van der Waals surface area contributed by atoms with Crippen molar-refractivity contribution in [1.29, 1.82) is 0 Å². The molecule has 0 spiro atoms. The zero-order chi connectivity index (χ0) is 15.4. The summed E-state index contributed by atoms with van der Waals surface area (Å²) in [6.07, 6.45) is 5.67. The summed E-state index contributed by atoms with van der Waals surface area (Å²) in [5.41, 5.74) is 0.411. The number of esters is 1. The van der Waals surface area contributed by atoms with Crippen LogP contribution in [0.2, 0.25) is 0 Å². The third-order valence-corrected chi connectivity index (χ3v) is 4.58. The van der Waals surface area contributed by atoms with Crippen molar-refractivity contribution in [2.24, 2.45) is 11.8 Å². The van der Waals surface area contributed by atoms with Crippen LogP contribution in [0.15, 0.2) is 12.2 Å². The SMILES string of the molecule is C=C(C)C(=O)OC1CCC(C(=O)C2CCCC(=O)C2)CC1. The van der Waals surface area contributed by atoms with Gasteiger partial charge in [-0.3, -0.25) is 9.59 Å². The van der Waals surface area contributed by atoms with Crippen molar-refractivity contribution in [2.75, 3.05) is 0 Å². The Morgan fingerprint density at radius 3 is 2.33 bits per heavy atom. The van der Waals surface area contributed by atoms with Crippen LogP contribution in [-0.4, -0.2) is 23.6 Å². The maximum Gasteiger partial charge on any atom is 0.333 e. The second-order valence-electron chi connectivity index (χ2n) is 6.39. The standard InChI is InChI=1S/C17H24O4/c1-11(2)17(20)21-15-8-6-12(7-9-15)16(19)13-4-3-5-14(18)10-13/h12-13,15H,1,3-10H2,2H3. The molecule has 1 atom stereocenters. The van der Waals surface area contributed by atoms with Gasteiger partial charge in [-0.25, -0.2) is 4.79 Å². The fourth-order valence-corrected chi connectivity index (χ4v) is 3.32. The van der Waals surface area contributed by atoms with Crippen LogP contribution in [0.3, 0.4) is 0 Å². The molecule has 0 aromatic rings. The molecule has 2 fully saturated rings. The van der Waals surface area contributed by atoms with Crippen molar-refractivity contribution in [3.8, 4) is 0 Å². The third-order valence-electron chi connectivity index (χ3n) is 4.58. The minimum absolute atomic E-state index is 0.0423. The van der Waals surface area contributed by atoms with Crippen molar-refractivity contribution >= 4 is 17.5 Å². The lowest BCUT2D eigenvalue weighted by Crippen LogP contribution is -2.33. The number of carbonyl (C=O) groups excluding carboxylic acids is 3. The van der Waals surface area contributed by atoms with Crippen LogP contribution in [0.25, 0.3) is 0 Å². The highest BCUT2D eigenvalue weighted by atomic mass is 16.5. The largest absolute Gasteiger partial charge is 0.459 e. The molecule has 2 rings (SSSR count). The van der Waals surface area contributed by atoms with Gasteiger partial charge in [0.05, 0.1) is 0 Å². The smallest absolute Gasteiger partial charge is 0.333 e. The van der Waals surface area contributed by atoms with Crippen LogP contribution < -0.4 is 0 Å². The average Bonchev–Trinajstić information content (AvgIpc) is 2.47. The van der Waals surface area contributed by atoms with E-state index in [9.17, 15) is 14.4 Å². The van der Waals surface area contributed by atoms with Gasteiger partial charge in [-0.2, -0.15) is 0 Å². The predicted molar refractivity (Wildman–Crippen MR) is 78.6 cm³/mol. The van der Waals surface area contributed by atoms with Crippen molar-refractivity contribution in [2.45, 2.75) is 64.4 Å². The number of ketones is 2. The van der Waals surface area contributed by atoms with Gasteiger partial charge in [0.2, 0.25) is 0 Å². The van der Waals surface area contributed by atoms with Gasteiger partial charge in [0.15, 0.2) is 0 Å². The first-order valence-corrected chi connectivity index (χ1v) is 7.89. The van der Waals surface area contributed by atoms with Crippen LogP contribution in [0, 0.1) is 11.8 Å². The first-order valence-electron chi connectivity index (χ1n) is 7.89. The minimum Gasteiger partial charge on any atom is -0.459 e. The molecule has 0 aliphatic heterocycles. The highest BCUT2D eigenvalue weighted by molar-refractivity contribution is 5.90. The minimum atomic E-state index is -0.345. The van der Waals surface area contributed by atoms with E-state index in [2.05, 4.69) is 6.58 Å². The monoisotopic (exact) mass is 292 g/mol. The molecule has 0 amide bonds. The Labute approximate surface area is 125 Å². The Balaban J connectivity index is 1.80. The molecule has 0 bridgehead atoms. The number of ether oxygens (including phenoxy) is 1. The zero-order valence-corrected chi connectivity index (χ0v) is 12.7. The highest BCUT2D eigenvalue weighted by Crippen LogP contribution is 2.33. The van der Waals surface area contributed by atoms with Crippen LogP contribution in [0.1, 0.15) is 58.3 Å². The van der Waals surface area contributed by atoms with E-state index in [1.54, 1.807) is 6.92 Å². The van der Waals surface area contributed by atoms with Gasteiger partial charge in [0.1, 0.15) is 17.7 Å². The second-order valence-corrected chi connectivity index (χ2v) is 6.39. The van der Waals surface area contributed by atoms with Gasteiger partial charge in [-0.1, -0.05) is 6.58 Å². The van der Waals surface area contributed by atoms with E-state index >= 15 is 0 Å². The molecule has 0 N–H and O–H groups in total. The van der Waals surface area contributed by atoms with Crippen LogP contribution in [-0.2, 0) is 19.1 Å². The molecule has 116 valence electrons. The van der Waals surface area contributed by atoms with Crippen LogP contribution in [0.5, 0.6) is 0 Å². The highest BCUT2D eigenvalue weighted by Gasteiger charge is 2.34. The molecule has 0 aromatic carbocycles. The van der Waals surface area contributed by atoms with Crippen molar-refractivity contribution < 1.29 is 19.1 Å². The van der Waals surface area contributed by atoms with Crippen LogP contribution >= 0.6 is 0 Å². The molecule has 1 unspecified atom stereocenters. The molecule has 2 aliphatic carbocycles. The molecule has 2 saturated carbocycles. The van der Waals surface area contributed by atoms with E-state index < -0.39 is 0 Å². The topological polar surface area (TPSA) is 60.4 Å². The Hall–Kier alpha value is -1.45. The maximum absolute atomic E-state index is 12.5. The molecule has 4 nitrogen and oxygen atoms in total. The Kier molecular flexibility index (Phi) is 5.32. The summed E-state index contributed by atoms with van der Waals surface area (Å²) >= 11 is 0. The quantitative estimate of drug-likeness (QED) is 0.590. The predicted octanol–water partition coefficient (Wildman–Crippen LogP) is 2.99. The molecular formula is C17H24O4. The number of rotatable bonds is 4. The van der Waals surface area contributed by atoms with Crippen molar-refractivity contribution in [3.05, 3.63) is 12.2 Å².